The molecule has 2 aromatic carbocycles. The first kappa shape index (κ1) is 20.3. The monoisotopic (exact) mass is 400 g/mol. The molecule has 0 amide bonds. The summed E-state index contributed by atoms with van der Waals surface area (Å²) in [5, 5.41) is 3.46. The molecule has 0 saturated heterocycles. The van der Waals surface area contributed by atoms with E-state index in [2.05, 4.69) is 41.5 Å². The molecule has 2 heterocycles. The zero-order valence-electron chi connectivity index (χ0n) is 17.7. The summed E-state index contributed by atoms with van der Waals surface area (Å²) in [7, 11) is 0. The van der Waals surface area contributed by atoms with Gasteiger partial charge in [0.05, 0.1) is 5.69 Å². The fourth-order valence-corrected chi connectivity index (χ4v) is 3.92. The number of hydrogen-bond donors (Lipinski definition) is 1. The summed E-state index contributed by atoms with van der Waals surface area (Å²) in [6, 6.07) is 16.4. The number of benzene rings is 2. The van der Waals surface area contributed by atoms with Crippen LogP contribution in [-0.4, -0.2) is 23.9 Å². The minimum atomic E-state index is 0.0547. The summed E-state index contributed by atoms with van der Waals surface area (Å²) >= 11 is 0. The molecule has 1 N–H and O–H groups in total. The van der Waals surface area contributed by atoms with Crippen molar-refractivity contribution in [2.45, 2.75) is 39.7 Å². The second kappa shape index (κ2) is 9.23. The molecule has 1 aliphatic rings. The second-order valence-electron chi connectivity index (χ2n) is 7.80. The molecular formula is C26H28N2O2. The van der Waals surface area contributed by atoms with Gasteiger partial charge in [-0.2, -0.15) is 0 Å². The molecule has 0 unspecified atom stereocenters. The quantitative estimate of drug-likeness (QED) is 0.605. The van der Waals surface area contributed by atoms with E-state index in [1.165, 1.54) is 16.7 Å². The van der Waals surface area contributed by atoms with E-state index in [-0.39, 0.29) is 5.78 Å². The molecule has 0 spiro atoms. The highest BCUT2D eigenvalue weighted by Gasteiger charge is 2.14. The van der Waals surface area contributed by atoms with E-state index in [1.807, 2.05) is 30.5 Å². The Kier molecular flexibility index (Phi) is 6.24. The molecule has 154 valence electrons. The van der Waals surface area contributed by atoms with E-state index in [9.17, 15) is 4.79 Å². The van der Waals surface area contributed by atoms with Gasteiger partial charge in [-0.15, -0.1) is 0 Å². The largest absolute Gasteiger partial charge is 0.487 e. The summed E-state index contributed by atoms with van der Waals surface area (Å²) in [5.41, 5.74) is 7.65. The first-order valence-corrected chi connectivity index (χ1v) is 10.7. The molecule has 4 nitrogen and oxygen atoms in total. The SMILES string of the molecule is CCc1ccnc(COc2ccc(C(C)=O)cc2-c2ccc3c(c2)CCNCC3)c1. The molecule has 1 aliphatic heterocycles. The van der Waals surface area contributed by atoms with E-state index < -0.39 is 0 Å². The van der Waals surface area contributed by atoms with Crippen molar-refractivity contribution in [2.24, 2.45) is 0 Å². The highest BCUT2D eigenvalue weighted by atomic mass is 16.5. The molecule has 0 fully saturated rings. The standard InChI is InChI=1S/C26H28N2O2/c1-3-19-8-13-28-24(14-19)17-30-26-7-6-21(18(2)29)16-25(26)23-5-4-20-9-11-27-12-10-22(20)15-23/h4-8,13-16,27H,3,9-12,17H2,1-2H3. The van der Waals surface area contributed by atoms with Gasteiger partial charge in [0.15, 0.2) is 5.78 Å². The number of hydrogen-bond acceptors (Lipinski definition) is 4. The normalized spacial score (nSPS) is 13.4. The molecular weight excluding hydrogens is 372 g/mol. The Morgan fingerprint density at radius 3 is 2.67 bits per heavy atom. The van der Waals surface area contributed by atoms with Gasteiger partial charge in [0, 0.05) is 17.3 Å². The van der Waals surface area contributed by atoms with E-state index >= 15 is 0 Å². The topological polar surface area (TPSA) is 51.2 Å². The molecule has 0 bridgehead atoms. The van der Waals surface area contributed by atoms with Crippen LogP contribution in [-0.2, 0) is 25.9 Å². The zero-order chi connectivity index (χ0) is 20.9. The van der Waals surface area contributed by atoms with Crippen LogP contribution in [0.4, 0.5) is 0 Å². The van der Waals surface area contributed by atoms with Crippen LogP contribution in [0.5, 0.6) is 5.75 Å². The van der Waals surface area contributed by atoms with Gasteiger partial charge in [-0.25, -0.2) is 0 Å². The van der Waals surface area contributed by atoms with Gasteiger partial charge in [0.1, 0.15) is 12.4 Å². The average Bonchev–Trinajstić information content (AvgIpc) is 3.02. The first-order chi connectivity index (χ1) is 14.6. The second-order valence-corrected chi connectivity index (χ2v) is 7.80. The van der Waals surface area contributed by atoms with Gasteiger partial charge < -0.3 is 10.1 Å². The van der Waals surface area contributed by atoms with Crippen LogP contribution in [0.25, 0.3) is 11.1 Å². The zero-order valence-corrected chi connectivity index (χ0v) is 17.7. The molecule has 4 heteroatoms. The van der Waals surface area contributed by atoms with Crippen LogP contribution in [0.2, 0.25) is 0 Å². The Bertz CT molecular complexity index is 1060. The predicted octanol–water partition coefficient (Wildman–Crippen LogP) is 4.78. The van der Waals surface area contributed by atoms with Crippen LogP contribution < -0.4 is 10.1 Å². The number of carbonyl (C=O) groups is 1. The first-order valence-electron chi connectivity index (χ1n) is 10.7. The Morgan fingerprint density at radius 1 is 1.03 bits per heavy atom. The Balaban J connectivity index is 1.67. The number of nitrogens with one attached hydrogen (secondary N) is 1. The maximum absolute atomic E-state index is 12.0. The molecule has 3 aromatic rings. The summed E-state index contributed by atoms with van der Waals surface area (Å²) in [5.74, 6) is 0.828. The molecule has 1 aromatic heterocycles. The molecule has 0 radical (unpaired) electrons. The summed E-state index contributed by atoms with van der Waals surface area (Å²) in [6.07, 6.45) is 4.86. The number of Topliss-reactive ketones (excluding diaryl/α,β-unsaturated/α-hetero) is 1. The van der Waals surface area contributed by atoms with Crippen molar-refractivity contribution in [1.82, 2.24) is 10.3 Å². The number of carbonyl (C=O) groups excluding carboxylic acids is 1. The highest BCUT2D eigenvalue weighted by Crippen LogP contribution is 2.33. The lowest BCUT2D eigenvalue weighted by Gasteiger charge is -2.15. The van der Waals surface area contributed by atoms with Crippen molar-refractivity contribution in [2.75, 3.05) is 13.1 Å². The number of nitrogens with zero attached hydrogens (tertiary/aromatic N) is 1. The summed E-state index contributed by atoms with van der Waals surface area (Å²) < 4.78 is 6.19. The predicted molar refractivity (Wildman–Crippen MR) is 120 cm³/mol. The van der Waals surface area contributed by atoms with Crippen LogP contribution in [0.3, 0.4) is 0 Å². The Morgan fingerprint density at radius 2 is 1.87 bits per heavy atom. The van der Waals surface area contributed by atoms with Crippen molar-refractivity contribution in [1.29, 1.82) is 0 Å². The number of rotatable bonds is 6. The van der Waals surface area contributed by atoms with Crippen molar-refractivity contribution in [3.63, 3.8) is 0 Å². The van der Waals surface area contributed by atoms with Crippen LogP contribution >= 0.6 is 0 Å². The highest BCUT2D eigenvalue weighted by molar-refractivity contribution is 5.96. The van der Waals surface area contributed by atoms with Crippen molar-refractivity contribution in [3.8, 4) is 16.9 Å². The fraction of sp³-hybridized carbons (Fsp3) is 0.308. The molecule has 0 atom stereocenters. The van der Waals surface area contributed by atoms with Crippen LogP contribution in [0.1, 0.15) is 46.6 Å². The third kappa shape index (κ3) is 4.60. The third-order valence-electron chi connectivity index (χ3n) is 5.71. The molecule has 30 heavy (non-hydrogen) atoms. The fourth-order valence-electron chi connectivity index (χ4n) is 3.92. The molecule has 0 aliphatic carbocycles. The summed E-state index contributed by atoms with van der Waals surface area (Å²) in [4.78, 5) is 16.4. The lowest BCUT2D eigenvalue weighted by Crippen LogP contribution is -2.16. The van der Waals surface area contributed by atoms with Crippen molar-refractivity contribution in [3.05, 3.63) is 82.7 Å². The maximum atomic E-state index is 12.0. The van der Waals surface area contributed by atoms with Gasteiger partial charge in [-0.1, -0.05) is 25.1 Å². The summed E-state index contributed by atoms with van der Waals surface area (Å²) in [6.45, 7) is 6.14. The van der Waals surface area contributed by atoms with E-state index in [1.54, 1.807) is 6.92 Å². The molecule has 0 saturated carbocycles. The Labute approximate surface area is 178 Å². The van der Waals surface area contributed by atoms with Crippen LogP contribution in [0, 0.1) is 0 Å². The lowest BCUT2D eigenvalue weighted by molar-refractivity contribution is 0.101. The van der Waals surface area contributed by atoms with E-state index in [0.717, 1.165) is 54.9 Å². The van der Waals surface area contributed by atoms with Gasteiger partial charge in [-0.3, -0.25) is 9.78 Å². The molecule has 4 rings (SSSR count). The lowest BCUT2D eigenvalue weighted by atomic mass is 9.94. The van der Waals surface area contributed by atoms with Crippen LogP contribution in [0.15, 0.2) is 54.7 Å². The van der Waals surface area contributed by atoms with Gasteiger partial charge in [-0.05, 0) is 91.9 Å². The van der Waals surface area contributed by atoms with Crippen molar-refractivity contribution >= 4 is 5.78 Å². The minimum Gasteiger partial charge on any atom is -0.487 e. The third-order valence-corrected chi connectivity index (χ3v) is 5.71. The average molecular weight is 401 g/mol. The number of pyridine rings is 1. The Hall–Kier alpha value is -2.98. The van der Waals surface area contributed by atoms with E-state index in [4.69, 9.17) is 4.74 Å². The smallest absolute Gasteiger partial charge is 0.159 e. The number of aryl methyl sites for hydroxylation is 1. The number of ether oxygens (including phenoxy) is 1. The van der Waals surface area contributed by atoms with Gasteiger partial charge >= 0.3 is 0 Å². The maximum Gasteiger partial charge on any atom is 0.159 e. The van der Waals surface area contributed by atoms with Gasteiger partial charge in [0.25, 0.3) is 0 Å². The number of aromatic nitrogens is 1. The van der Waals surface area contributed by atoms with Gasteiger partial charge in [0.2, 0.25) is 0 Å². The number of fused-ring (bicyclic) bond motifs is 1. The van der Waals surface area contributed by atoms with E-state index in [0.29, 0.717) is 12.2 Å². The van der Waals surface area contributed by atoms with Crippen molar-refractivity contribution < 1.29 is 9.53 Å². The minimum absolute atomic E-state index is 0.0547. The number of ketones is 1.